The largest absolute Gasteiger partial charge is 0.497 e. The van der Waals surface area contributed by atoms with Crippen LogP contribution in [0.1, 0.15) is 92.5 Å². The molecule has 0 fully saturated rings. The fourth-order valence-electron chi connectivity index (χ4n) is 10.9. The third kappa shape index (κ3) is 39.8. The first-order valence-corrected chi connectivity index (χ1v) is 44.9. The molecule has 128 heavy (non-hydrogen) atoms. The molecule has 0 unspecified atom stereocenters. The third-order valence-corrected chi connectivity index (χ3v) is 19.6. The van der Waals surface area contributed by atoms with Crippen molar-refractivity contribution in [2.75, 3.05) is 77.0 Å². The number of H-pyrrole nitrogens is 2. The highest BCUT2D eigenvalue weighted by Crippen LogP contribution is 2.28. The van der Waals surface area contributed by atoms with Crippen LogP contribution in [0.3, 0.4) is 0 Å². The molecule has 0 aliphatic heterocycles. The summed E-state index contributed by atoms with van der Waals surface area (Å²) in [6.45, 7) is 32.4. The molecule has 4 heterocycles. The van der Waals surface area contributed by atoms with E-state index in [1.54, 1.807) is 83.0 Å². The summed E-state index contributed by atoms with van der Waals surface area (Å²) in [5.41, 5.74) is 22.5. The van der Waals surface area contributed by atoms with Crippen LogP contribution in [0, 0.1) is 11.8 Å². The number of nitrogens with zero attached hydrogens (tertiary/aromatic N) is 6. The second-order valence-electron chi connectivity index (χ2n) is 28.2. The van der Waals surface area contributed by atoms with Gasteiger partial charge < -0.3 is 88.2 Å². The summed E-state index contributed by atoms with van der Waals surface area (Å²) in [6.07, 6.45) is 0. The maximum absolute atomic E-state index is 8.50. The van der Waals surface area contributed by atoms with Gasteiger partial charge in [-0.05, 0) is 183 Å². The lowest BCUT2D eigenvalue weighted by atomic mass is 10.2. The van der Waals surface area contributed by atoms with Crippen LogP contribution in [-0.2, 0) is 39.5 Å². The van der Waals surface area contributed by atoms with E-state index < -0.39 is 0 Å². The van der Waals surface area contributed by atoms with Gasteiger partial charge in [-0.25, -0.2) is 19.9 Å². The lowest BCUT2D eigenvalue weighted by Crippen LogP contribution is -2.11. The number of nitrogens with one attached hydrogen (secondary N) is 2. The van der Waals surface area contributed by atoms with Gasteiger partial charge in [-0.3, -0.25) is 0 Å². The highest BCUT2D eigenvalue weighted by Gasteiger charge is 2.15. The summed E-state index contributed by atoms with van der Waals surface area (Å²) in [5, 5.41) is 20.4. The normalized spacial score (nSPS) is 10.0. The maximum atomic E-state index is 8.50. The molecule has 15 aromatic rings. The predicted molar refractivity (Wildman–Crippen MR) is 534 cm³/mol. The van der Waals surface area contributed by atoms with E-state index in [1.165, 1.54) is 5.57 Å². The van der Waals surface area contributed by atoms with Crippen molar-refractivity contribution in [3.63, 3.8) is 0 Å². The van der Waals surface area contributed by atoms with Crippen molar-refractivity contribution in [1.29, 1.82) is 0 Å². The number of para-hydroxylation sites is 10. The minimum atomic E-state index is 0.0250. The van der Waals surface area contributed by atoms with Crippen LogP contribution >= 0.6 is 55.1 Å². The average molecular weight is 1910 g/mol. The van der Waals surface area contributed by atoms with E-state index in [2.05, 4.69) is 119 Å². The molecule has 0 saturated carbocycles. The van der Waals surface area contributed by atoms with E-state index in [0.717, 1.165) is 154 Å². The van der Waals surface area contributed by atoms with E-state index in [4.69, 9.17) is 97.2 Å². The molecule has 0 aliphatic rings. The van der Waals surface area contributed by atoms with Crippen molar-refractivity contribution < 1.29 is 57.6 Å². The first-order valence-electron chi connectivity index (χ1n) is 41.9. The van der Waals surface area contributed by atoms with Gasteiger partial charge in [-0.2, -0.15) is 0 Å². The number of aromatic amines is 2. The van der Waals surface area contributed by atoms with Crippen LogP contribution in [0.4, 0.5) is 11.4 Å². The second-order valence-corrected chi connectivity index (χ2v) is 30.3. The Hall–Kier alpha value is -12.2. The monoisotopic (exact) mass is 1910 g/mol. The number of ether oxygens (including phenoxy) is 10. The number of fused-ring (bicyclic) bond motifs is 4. The zero-order chi connectivity index (χ0) is 93.4. The molecule has 26 heteroatoms. The number of nitrogens with two attached hydrogens (primary N) is 2. The fraction of sp³-hybridized carbons (Fsp3) is 0.275. The van der Waals surface area contributed by atoms with Gasteiger partial charge in [0.25, 0.3) is 0 Å². The summed E-state index contributed by atoms with van der Waals surface area (Å²) in [7, 11) is 6.54. The Morgan fingerprint density at radius 1 is 0.383 bits per heavy atom. The number of halogens is 4. The summed E-state index contributed by atoms with van der Waals surface area (Å²) in [6, 6.07) is 83.7. The maximum Gasteiger partial charge on any atom is 0.148 e. The Morgan fingerprint density at radius 3 is 1.02 bits per heavy atom. The van der Waals surface area contributed by atoms with Crippen molar-refractivity contribution in [2.45, 2.75) is 109 Å². The van der Waals surface area contributed by atoms with Gasteiger partial charge >= 0.3 is 0 Å². The number of benzene rings is 11. The number of nitrogen functional groups attached to an aromatic ring is 2. The zero-order valence-corrected chi connectivity index (χ0v) is 80.5. The van der Waals surface area contributed by atoms with E-state index in [-0.39, 0.29) is 13.2 Å². The molecule has 8 N–H and O–H groups in total. The van der Waals surface area contributed by atoms with Gasteiger partial charge in [0.05, 0.1) is 97.2 Å². The summed E-state index contributed by atoms with van der Waals surface area (Å²) in [4.78, 5) is 24.8. The molecule has 0 atom stereocenters. The van der Waals surface area contributed by atoms with E-state index >= 15 is 0 Å². The number of anilines is 2. The highest BCUT2D eigenvalue weighted by atomic mass is 79.9. The van der Waals surface area contributed by atoms with Gasteiger partial charge in [0.1, 0.15) is 120 Å². The van der Waals surface area contributed by atoms with Gasteiger partial charge in [-0.1, -0.05) is 220 Å². The average Bonchev–Trinajstić information content (AvgIpc) is 1.65. The fourth-order valence-corrected chi connectivity index (χ4v) is 11.1. The number of aliphatic hydroxyl groups excluding tert-OH is 2. The number of hydrogen-bond acceptors (Lipinski definition) is 18. The molecule has 22 nitrogen and oxygen atoms in total. The van der Waals surface area contributed by atoms with Crippen molar-refractivity contribution in [2.24, 2.45) is 11.8 Å². The van der Waals surface area contributed by atoms with E-state index in [0.29, 0.717) is 72.7 Å². The smallest absolute Gasteiger partial charge is 0.148 e. The molecule has 0 saturated heterocycles. The molecule has 11 aromatic carbocycles. The van der Waals surface area contributed by atoms with Crippen LogP contribution in [-0.4, -0.2) is 115 Å². The first kappa shape index (κ1) is 106. The van der Waals surface area contributed by atoms with Crippen molar-refractivity contribution in [3.8, 4) is 57.5 Å². The topological polar surface area (TPSA) is 278 Å². The number of methoxy groups -OCH3 is 4. The molecule has 0 radical (unpaired) electrons. The van der Waals surface area contributed by atoms with Crippen LogP contribution in [0.2, 0.25) is 10.0 Å². The highest BCUT2D eigenvalue weighted by molar-refractivity contribution is 9.09. The SMILES string of the molecule is C=C(C)CBr.C=C(C)Cn1c(COc2cccc(OC)c2)nc2ccccc21.CC.CC.CC(C)CBr.COc1cccc(OCCO)c1.COc1cccc(OCc2nc3ccccc3[nH]2)c1.COc1cccc(OCc2nc3ccccc3n2CC(C)C)c1.Clc1ccc(OCc2nc3ccccc3[nH]2)cc1.Nc1ccccc1N.OCCOc1ccc(Cl)cc1. The first-order chi connectivity index (χ1) is 62.0. The molecule has 0 bridgehead atoms. The number of aromatic nitrogens is 8. The van der Waals surface area contributed by atoms with Gasteiger partial charge in [0.2, 0.25) is 0 Å². The number of imidazole rings is 4. The van der Waals surface area contributed by atoms with Crippen molar-refractivity contribution in [3.05, 3.63) is 325 Å². The van der Waals surface area contributed by atoms with E-state index in [9.17, 15) is 0 Å². The summed E-state index contributed by atoms with van der Waals surface area (Å²) in [5.74, 6) is 12.4. The van der Waals surface area contributed by atoms with Crippen LogP contribution in [0.25, 0.3) is 44.1 Å². The van der Waals surface area contributed by atoms with E-state index in [1.807, 2.05) is 242 Å². The number of aliphatic hydroxyl groups is 2. The minimum absolute atomic E-state index is 0.0250. The van der Waals surface area contributed by atoms with Gasteiger partial charge in [0, 0.05) is 58.1 Å². The molecule has 15 rings (SSSR count). The lowest BCUT2D eigenvalue weighted by molar-refractivity contribution is 0.201. The third-order valence-electron chi connectivity index (χ3n) is 16.9. The molecular weight excluding hydrogens is 1790 g/mol. The molecule has 0 aliphatic carbocycles. The van der Waals surface area contributed by atoms with Gasteiger partial charge in [-0.15, -0.1) is 0 Å². The quantitative estimate of drug-likeness (QED) is 0.0151. The minimum Gasteiger partial charge on any atom is -0.497 e. The Kier molecular flexibility index (Phi) is 50.9. The zero-order valence-electron chi connectivity index (χ0n) is 75.8. The standard InChI is InChI=1S/C19H22N2O2.C19H20N2O2.C15H14N2O2.C14H11ClN2O.C9H12O3.C8H9ClO2.C6H8N2.C4H9Br.C4H7Br.2C2H6/c2*1-14(2)12-21-18-10-5-4-9-17(18)20-19(21)13-23-16-8-6-7-15(11-16)22-3;1-18-11-5-4-6-12(9-11)19-10-15-16-13-7-2-3-8-14(13)17-15;15-10-5-7-11(8-6-10)18-9-14-16-12-3-1-2-4-13(12)17-14;1-11-8-3-2-4-9(7-8)12-6-5-10;9-7-1-3-8(4-2-7)11-6-5-10;7-5-3-1-2-4-6(5)8;2*1-4(2)3-5;2*1-2/h4-11,14H,12-13H2,1-3H3;4-11H,1,12-13H2,2-3H3;2-9H,10H2,1H3,(H,16,17);1-8H,9H2,(H,16,17);2-4,7,10H,5-6H2,1H3;1-4,10H,5-6H2;1-4H,7-8H2;4H,3H2,1-2H3;1,3H2,2H3;2*1-2H3. The number of hydrogen-bond donors (Lipinski definition) is 6. The predicted octanol–water partition coefficient (Wildman–Crippen LogP) is 25.1. The summed E-state index contributed by atoms with van der Waals surface area (Å²) < 4.78 is 58.4. The molecule has 4 aromatic heterocycles. The Labute approximate surface area is 781 Å². The number of alkyl halides is 2. The van der Waals surface area contributed by atoms with Crippen LogP contribution < -0.4 is 58.8 Å². The molecule has 0 spiro atoms. The summed E-state index contributed by atoms with van der Waals surface area (Å²) >= 11 is 18.0. The Balaban J connectivity index is 0.000000263. The second kappa shape index (κ2) is 61.3. The molecule has 0 amide bonds. The number of allylic oxidation sites excluding steroid dienone is 2. The van der Waals surface area contributed by atoms with Crippen molar-refractivity contribution in [1.82, 2.24) is 39.0 Å². The Morgan fingerprint density at radius 2 is 0.688 bits per heavy atom. The molecular formula is C102H124Br2Cl2N10O12. The Bertz CT molecular complexity index is 5530. The van der Waals surface area contributed by atoms with Crippen LogP contribution in [0.15, 0.2) is 291 Å². The molecule has 682 valence electrons. The van der Waals surface area contributed by atoms with Gasteiger partial charge in [0.15, 0.2) is 0 Å². The lowest BCUT2D eigenvalue weighted by Gasteiger charge is -2.13. The number of rotatable bonds is 28. The van der Waals surface area contributed by atoms with Crippen molar-refractivity contribution >= 4 is 111 Å². The van der Waals surface area contributed by atoms with Crippen LogP contribution in [0.5, 0.6) is 57.5 Å².